The minimum absolute atomic E-state index is 0.402. The fraction of sp³-hybridized carbons (Fsp3) is 0.800. The zero-order valence-corrected chi connectivity index (χ0v) is 9.74. The summed E-state index contributed by atoms with van der Waals surface area (Å²) in [5.41, 5.74) is 0. The van der Waals surface area contributed by atoms with Crippen LogP contribution in [0.25, 0.3) is 0 Å². The molecule has 18 heavy (non-hydrogen) atoms. The Morgan fingerprint density at radius 2 is 2.11 bits per heavy atom. The molecule has 0 aromatic rings. The van der Waals surface area contributed by atoms with E-state index < -0.39 is 54.9 Å². The Kier molecular flexibility index (Phi) is 3.53. The molecule has 2 unspecified atom stereocenters. The van der Waals surface area contributed by atoms with E-state index >= 15 is 0 Å². The molecule has 0 aromatic carbocycles. The number of carbonyl (C=O) groups is 2. The molecule has 2 rings (SSSR count). The van der Waals surface area contributed by atoms with Crippen molar-refractivity contribution in [2.45, 2.75) is 43.4 Å². The summed E-state index contributed by atoms with van der Waals surface area (Å²) >= 11 is 0. The number of amides is 2. The normalized spacial score (nSPS) is 43.2. The summed E-state index contributed by atoms with van der Waals surface area (Å²) in [5, 5.41) is 33.4. The van der Waals surface area contributed by atoms with Crippen molar-refractivity contribution in [2.75, 3.05) is 6.61 Å². The second kappa shape index (κ2) is 4.81. The lowest BCUT2D eigenvalue weighted by atomic mass is 9.92. The molecule has 0 radical (unpaired) electrons. The van der Waals surface area contributed by atoms with Gasteiger partial charge in [0.05, 0.1) is 12.6 Å². The van der Waals surface area contributed by atoms with Crippen molar-refractivity contribution in [1.82, 2.24) is 10.6 Å². The molecule has 102 valence electrons. The lowest BCUT2D eigenvalue weighted by molar-refractivity contribution is -0.189. The minimum atomic E-state index is -1.28. The highest BCUT2D eigenvalue weighted by atomic mass is 16.5. The van der Waals surface area contributed by atoms with Crippen molar-refractivity contribution in [1.29, 1.82) is 0 Å². The fourth-order valence-electron chi connectivity index (χ4n) is 2.37. The standard InChI is InChI=1S/C10H16N2O6/c1-3(14)11-6-9-5(12-10(6)17)8(16)7(15)4(2-13)18-9/h4-9,13,15-16H,2H2,1H3,(H,11,14)(H,12,17)/t4-,5?,6-,7+,8-,9?/m1/s1. The molecule has 0 saturated carbocycles. The molecule has 8 heteroatoms. The van der Waals surface area contributed by atoms with Crippen LogP contribution >= 0.6 is 0 Å². The summed E-state index contributed by atoms with van der Waals surface area (Å²) in [4.78, 5) is 22.7. The molecule has 8 nitrogen and oxygen atoms in total. The van der Waals surface area contributed by atoms with Gasteiger partial charge in [0, 0.05) is 6.92 Å². The molecular weight excluding hydrogens is 244 g/mol. The summed E-state index contributed by atoms with van der Waals surface area (Å²) in [6, 6.07) is -1.73. The summed E-state index contributed by atoms with van der Waals surface area (Å²) in [6.45, 7) is 0.778. The van der Waals surface area contributed by atoms with Crippen molar-refractivity contribution in [3.63, 3.8) is 0 Å². The first-order valence-corrected chi connectivity index (χ1v) is 5.65. The Morgan fingerprint density at radius 1 is 1.44 bits per heavy atom. The summed E-state index contributed by atoms with van der Waals surface area (Å²) in [7, 11) is 0. The van der Waals surface area contributed by atoms with E-state index in [9.17, 15) is 19.8 Å². The van der Waals surface area contributed by atoms with Gasteiger partial charge >= 0.3 is 0 Å². The van der Waals surface area contributed by atoms with E-state index in [-0.39, 0.29) is 0 Å². The van der Waals surface area contributed by atoms with Crippen molar-refractivity contribution in [2.24, 2.45) is 0 Å². The van der Waals surface area contributed by atoms with Crippen LogP contribution in [0, 0.1) is 0 Å². The summed E-state index contributed by atoms with van der Waals surface area (Å²) in [6.07, 6.45) is -4.32. The van der Waals surface area contributed by atoms with E-state index in [4.69, 9.17) is 9.84 Å². The SMILES string of the molecule is CC(=O)N[C@H]1C(=O)NC2C1O[C@H](CO)[C@H](O)[C@@H]2O. The lowest BCUT2D eigenvalue weighted by Gasteiger charge is -2.39. The van der Waals surface area contributed by atoms with Crippen LogP contribution in [0.15, 0.2) is 0 Å². The number of nitrogens with one attached hydrogen (secondary N) is 2. The molecule has 2 aliphatic rings. The smallest absolute Gasteiger partial charge is 0.245 e. The minimum Gasteiger partial charge on any atom is -0.394 e. The average molecular weight is 260 g/mol. The average Bonchev–Trinajstić information content (AvgIpc) is 2.61. The van der Waals surface area contributed by atoms with Gasteiger partial charge < -0.3 is 30.7 Å². The van der Waals surface area contributed by atoms with Crippen LogP contribution in [0.1, 0.15) is 6.92 Å². The maximum Gasteiger partial charge on any atom is 0.245 e. The van der Waals surface area contributed by atoms with E-state index in [1.807, 2.05) is 0 Å². The third kappa shape index (κ3) is 2.07. The highest BCUT2D eigenvalue weighted by molar-refractivity contribution is 5.90. The molecular formula is C10H16N2O6. The second-order valence-corrected chi connectivity index (χ2v) is 4.52. The van der Waals surface area contributed by atoms with E-state index in [0.717, 1.165) is 0 Å². The van der Waals surface area contributed by atoms with E-state index in [1.165, 1.54) is 6.92 Å². The summed E-state index contributed by atoms with van der Waals surface area (Å²) in [5.74, 6) is -0.884. The van der Waals surface area contributed by atoms with Crippen LogP contribution in [0.4, 0.5) is 0 Å². The number of fused-ring (bicyclic) bond motifs is 1. The number of ether oxygens (including phenoxy) is 1. The van der Waals surface area contributed by atoms with E-state index in [0.29, 0.717) is 0 Å². The van der Waals surface area contributed by atoms with Gasteiger partial charge in [0.25, 0.3) is 0 Å². The van der Waals surface area contributed by atoms with Gasteiger partial charge in [-0.2, -0.15) is 0 Å². The molecule has 0 bridgehead atoms. The first-order valence-electron chi connectivity index (χ1n) is 5.65. The van der Waals surface area contributed by atoms with Gasteiger partial charge in [0.1, 0.15) is 30.5 Å². The first kappa shape index (κ1) is 13.2. The number of rotatable bonds is 2. The van der Waals surface area contributed by atoms with Gasteiger partial charge in [0.15, 0.2) is 0 Å². The van der Waals surface area contributed by atoms with Gasteiger partial charge in [-0.25, -0.2) is 0 Å². The number of carbonyl (C=O) groups excluding carboxylic acids is 2. The van der Waals surface area contributed by atoms with Gasteiger partial charge in [-0.05, 0) is 0 Å². The molecule has 2 saturated heterocycles. The predicted molar refractivity (Wildman–Crippen MR) is 57.3 cm³/mol. The third-order valence-electron chi connectivity index (χ3n) is 3.24. The van der Waals surface area contributed by atoms with Crippen LogP contribution in [0.5, 0.6) is 0 Å². The van der Waals surface area contributed by atoms with Gasteiger partial charge in [-0.3, -0.25) is 9.59 Å². The van der Waals surface area contributed by atoms with E-state index in [2.05, 4.69) is 10.6 Å². The summed E-state index contributed by atoms with van der Waals surface area (Å²) < 4.78 is 5.37. The molecule has 5 N–H and O–H groups in total. The van der Waals surface area contributed by atoms with Crippen LogP contribution < -0.4 is 10.6 Å². The molecule has 0 aliphatic carbocycles. The second-order valence-electron chi connectivity index (χ2n) is 4.52. The highest BCUT2D eigenvalue weighted by Crippen LogP contribution is 2.27. The topological polar surface area (TPSA) is 128 Å². The first-order chi connectivity index (χ1) is 8.45. The maximum absolute atomic E-state index is 11.7. The largest absolute Gasteiger partial charge is 0.394 e. The molecule has 2 heterocycles. The maximum atomic E-state index is 11.7. The molecule has 6 atom stereocenters. The molecule has 2 amide bonds. The zero-order chi connectivity index (χ0) is 13.4. The number of aliphatic hydroxyl groups excluding tert-OH is 3. The van der Waals surface area contributed by atoms with Crippen LogP contribution in [-0.4, -0.2) is 70.2 Å². The lowest BCUT2D eigenvalue weighted by Crippen LogP contribution is -2.62. The van der Waals surface area contributed by atoms with Crippen molar-refractivity contribution in [3.05, 3.63) is 0 Å². The Balaban J connectivity index is 2.19. The Labute approximate surface area is 103 Å². The zero-order valence-electron chi connectivity index (χ0n) is 9.74. The Morgan fingerprint density at radius 3 is 2.67 bits per heavy atom. The van der Waals surface area contributed by atoms with Crippen molar-refractivity contribution < 1.29 is 29.6 Å². The number of hydrogen-bond donors (Lipinski definition) is 5. The Bertz CT molecular complexity index is 362. The molecule has 2 aliphatic heterocycles. The van der Waals surface area contributed by atoms with Crippen molar-refractivity contribution in [3.8, 4) is 0 Å². The monoisotopic (exact) mass is 260 g/mol. The quantitative estimate of drug-likeness (QED) is 0.350. The molecule has 0 aromatic heterocycles. The fourth-order valence-corrected chi connectivity index (χ4v) is 2.37. The molecule has 2 fully saturated rings. The van der Waals surface area contributed by atoms with Crippen molar-refractivity contribution >= 4 is 11.8 Å². The molecule has 0 spiro atoms. The highest BCUT2D eigenvalue weighted by Gasteiger charge is 2.54. The van der Waals surface area contributed by atoms with Gasteiger partial charge in [0.2, 0.25) is 11.8 Å². The van der Waals surface area contributed by atoms with Crippen LogP contribution in [-0.2, 0) is 14.3 Å². The van der Waals surface area contributed by atoms with Gasteiger partial charge in [-0.1, -0.05) is 0 Å². The number of aliphatic hydroxyl groups is 3. The predicted octanol–water partition coefficient (Wildman–Crippen LogP) is -3.53. The third-order valence-corrected chi connectivity index (χ3v) is 3.24. The van der Waals surface area contributed by atoms with Crippen LogP contribution in [0.2, 0.25) is 0 Å². The van der Waals surface area contributed by atoms with E-state index in [1.54, 1.807) is 0 Å². The van der Waals surface area contributed by atoms with Crippen LogP contribution in [0.3, 0.4) is 0 Å². The number of hydrogen-bond acceptors (Lipinski definition) is 6. The Hall–Kier alpha value is -1.22. The van der Waals surface area contributed by atoms with Gasteiger partial charge in [-0.15, -0.1) is 0 Å².